The fourth-order valence-electron chi connectivity index (χ4n) is 0.394. The summed E-state index contributed by atoms with van der Waals surface area (Å²) in [6.07, 6.45) is 0. The molecule has 0 aliphatic carbocycles. The molecule has 0 rings (SSSR count). The fraction of sp³-hybridized carbons (Fsp3) is 0.889. The standard InChI is InChI=1S/C9H19NO/c1-7(2)6-11-10-9(5)8(3)4/h7-8H,6H2,1-5H3/b10-9-. The van der Waals surface area contributed by atoms with Crippen molar-refractivity contribution in [1.82, 2.24) is 0 Å². The molecular formula is C9H19NO. The number of hydrogen-bond acceptors (Lipinski definition) is 2. The third kappa shape index (κ3) is 5.89. The maximum Gasteiger partial charge on any atom is 0.119 e. The summed E-state index contributed by atoms with van der Waals surface area (Å²) in [5.74, 6) is 1.04. The van der Waals surface area contributed by atoms with Gasteiger partial charge in [-0.2, -0.15) is 0 Å². The van der Waals surface area contributed by atoms with Gasteiger partial charge in [0.25, 0.3) is 0 Å². The molecule has 0 heterocycles. The number of hydrogen-bond donors (Lipinski definition) is 0. The van der Waals surface area contributed by atoms with Crippen LogP contribution in [0, 0.1) is 11.8 Å². The minimum atomic E-state index is 0.488. The van der Waals surface area contributed by atoms with E-state index in [9.17, 15) is 0 Å². The molecule has 0 atom stereocenters. The summed E-state index contributed by atoms with van der Waals surface area (Å²) < 4.78 is 0. The van der Waals surface area contributed by atoms with Crippen molar-refractivity contribution in [3.63, 3.8) is 0 Å². The Balaban J connectivity index is 3.57. The van der Waals surface area contributed by atoms with Gasteiger partial charge in [-0.15, -0.1) is 0 Å². The normalized spacial score (nSPS) is 12.8. The summed E-state index contributed by atoms with van der Waals surface area (Å²) >= 11 is 0. The lowest BCUT2D eigenvalue weighted by Crippen LogP contribution is -2.05. The van der Waals surface area contributed by atoms with Crippen molar-refractivity contribution in [1.29, 1.82) is 0 Å². The van der Waals surface area contributed by atoms with Crippen LogP contribution in [0.15, 0.2) is 5.16 Å². The zero-order valence-electron chi connectivity index (χ0n) is 8.22. The minimum Gasteiger partial charge on any atom is -0.396 e. The van der Waals surface area contributed by atoms with Crippen molar-refractivity contribution >= 4 is 5.71 Å². The molecule has 0 aliphatic heterocycles. The molecule has 0 saturated carbocycles. The molecule has 0 aromatic rings. The summed E-state index contributed by atoms with van der Waals surface area (Å²) in [7, 11) is 0. The van der Waals surface area contributed by atoms with Crippen LogP contribution in [0.3, 0.4) is 0 Å². The Hall–Kier alpha value is -0.530. The Morgan fingerprint density at radius 1 is 1.27 bits per heavy atom. The molecule has 0 radical (unpaired) electrons. The molecule has 0 aromatic carbocycles. The topological polar surface area (TPSA) is 21.6 Å². The zero-order chi connectivity index (χ0) is 8.85. The smallest absolute Gasteiger partial charge is 0.119 e. The van der Waals surface area contributed by atoms with Crippen LogP contribution in [-0.4, -0.2) is 12.3 Å². The van der Waals surface area contributed by atoms with E-state index >= 15 is 0 Å². The summed E-state index contributed by atoms with van der Waals surface area (Å²) in [6.45, 7) is 11.1. The molecule has 0 aliphatic rings. The van der Waals surface area contributed by atoms with Crippen molar-refractivity contribution in [2.75, 3.05) is 6.61 Å². The summed E-state index contributed by atoms with van der Waals surface area (Å²) in [5.41, 5.74) is 1.06. The minimum absolute atomic E-state index is 0.488. The lowest BCUT2D eigenvalue weighted by Gasteiger charge is -2.05. The Bertz CT molecular complexity index is 128. The third-order valence-electron chi connectivity index (χ3n) is 1.45. The average molecular weight is 157 g/mol. The molecule has 0 amide bonds. The van der Waals surface area contributed by atoms with E-state index in [1.807, 2.05) is 6.92 Å². The quantitative estimate of drug-likeness (QED) is 0.454. The molecule has 11 heavy (non-hydrogen) atoms. The van der Waals surface area contributed by atoms with E-state index in [-0.39, 0.29) is 0 Å². The Labute approximate surface area is 69.6 Å². The van der Waals surface area contributed by atoms with E-state index in [0.717, 1.165) is 5.71 Å². The highest BCUT2D eigenvalue weighted by Crippen LogP contribution is 1.98. The lowest BCUT2D eigenvalue weighted by atomic mass is 10.1. The molecule has 2 nitrogen and oxygen atoms in total. The van der Waals surface area contributed by atoms with Gasteiger partial charge in [-0.05, 0) is 18.8 Å². The van der Waals surface area contributed by atoms with E-state index in [4.69, 9.17) is 4.84 Å². The monoisotopic (exact) mass is 157 g/mol. The summed E-state index contributed by atoms with van der Waals surface area (Å²) in [6, 6.07) is 0. The van der Waals surface area contributed by atoms with Gasteiger partial charge in [-0.1, -0.05) is 32.9 Å². The summed E-state index contributed by atoms with van der Waals surface area (Å²) in [5, 5.41) is 3.98. The maximum atomic E-state index is 5.11. The van der Waals surface area contributed by atoms with Crippen molar-refractivity contribution < 1.29 is 4.84 Å². The molecule has 0 saturated heterocycles. The predicted octanol–water partition coefficient (Wildman–Crippen LogP) is 2.69. The van der Waals surface area contributed by atoms with E-state index in [2.05, 4.69) is 32.9 Å². The van der Waals surface area contributed by atoms with Crippen molar-refractivity contribution in [2.24, 2.45) is 17.0 Å². The van der Waals surface area contributed by atoms with E-state index < -0.39 is 0 Å². The number of oxime groups is 1. The number of nitrogens with zero attached hydrogens (tertiary/aromatic N) is 1. The largest absolute Gasteiger partial charge is 0.396 e. The van der Waals surface area contributed by atoms with Gasteiger partial charge in [0.15, 0.2) is 0 Å². The maximum absolute atomic E-state index is 5.11. The van der Waals surface area contributed by atoms with Crippen molar-refractivity contribution in [3.8, 4) is 0 Å². The molecule has 0 bridgehead atoms. The molecular weight excluding hydrogens is 138 g/mol. The van der Waals surface area contributed by atoms with Crippen LogP contribution < -0.4 is 0 Å². The molecule has 0 spiro atoms. The SMILES string of the molecule is C/C(=N/OCC(C)C)C(C)C. The van der Waals surface area contributed by atoms with Crippen LogP contribution in [0.2, 0.25) is 0 Å². The van der Waals surface area contributed by atoms with Gasteiger partial charge in [0.05, 0.1) is 5.71 Å². The van der Waals surface area contributed by atoms with E-state index in [1.54, 1.807) is 0 Å². The van der Waals surface area contributed by atoms with Gasteiger partial charge < -0.3 is 4.84 Å². The zero-order valence-corrected chi connectivity index (χ0v) is 8.22. The van der Waals surface area contributed by atoms with E-state index in [0.29, 0.717) is 18.4 Å². The fourth-order valence-corrected chi connectivity index (χ4v) is 0.394. The van der Waals surface area contributed by atoms with Gasteiger partial charge in [0.2, 0.25) is 0 Å². The summed E-state index contributed by atoms with van der Waals surface area (Å²) in [4.78, 5) is 5.11. The van der Waals surface area contributed by atoms with Crippen LogP contribution in [-0.2, 0) is 4.84 Å². The van der Waals surface area contributed by atoms with Crippen LogP contribution in [0.25, 0.3) is 0 Å². The van der Waals surface area contributed by atoms with Gasteiger partial charge in [-0.25, -0.2) is 0 Å². The van der Waals surface area contributed by atoms with Crippen LogP contribution in [0.4, 0.5) is 0 Å². The molecule has 0 unspecified atom stereocenters. The highest BCUT2D eigenvalue weighted by molar-refractivity contribution is 5.83. The lowest BCUT2D eigenvalue weighted by molar-refractivity contribution is 0.117. The molecule has 66 valence electrons. The van der Waals surface area contributed by atoms with Crippen LogP contribution in [0.5, 0.6) is 0 Å². The first-order chi connectivity index (χ1) is 5.04. The third-order valence-corrected chi connectivity index (χ3v) is 1.45. The Kier molecular flexibility index (Phi) is 4.92. The number of rotatable bonds is 4. The van der Waals surface area contributed by atoms with Gasteiger partial charge in [0.1, 0.15) is 6.61 Å². The Morgan fingerprint density at radius 2 is 1.82 bits per heavy atom. The second kappa shape index (κ2) is 5.16. The first kappa shape index (κ1) is 10.5. The molecule has 0 aromatic heterocycles. The van der Waals surface area contributed by atoms with Gasteiger partial charge >= 0.3 is 0 Å². The highest BCUT2D eigenvalue weighted by atomic mass is 16.6. The second-order valence-electron chi connectivity index (χ2n) is 3.58. The van der Waals surface area contributed by atoms with Crippen molar-refractivity contribution in [2.45, 2.75) is 34.6 Å². The first-order valence-corrected chi connectivity index (χ1v) is 4.20. The van der Waals surface area contributed by atoms with Crippen LogP contribution >= 0.6 is 0 Å². The van der Waals surface area contributed by atoms with Crippen LogP contribution in [0.1, 0.15) is 34.6 Å². The second-order valence-corrected chi connectivity index (χ2v) is 3.58. The van der Waals surface area contributed by atoms with Gasteiger partial charge in [0, 0.05) is 0 Å². The first-order valence-electron chi connectivity index (χ1n) is 4.20. The predicted molar refractivity (Wildman–Crippen MR) is 48.7 cm³/mol. The molecule has 0 N–H and O–H groups in total. The van der Waals surface area contributed by atoms with Crippen molar-refractivity contribution in [3.05, 3.63) is 0 Å². The molecule has 2 heteroatoms. The molecule has 0 fully saturated rings. The Morgan fingerprint density at radius 3 is 2.18 bits per heavy atom. The van der Waals surface area contributed by atoms with Gasteiger partial charge in [-0.3, -0.25) is 0 Å². The van der Waals surface area contributed by atoms with E-state index in [1.165, 1.54) is 0 Å². The average Bonchev–Trinajstić information content (AvgIpc) is 1.86. The highest BCUT2D eigenvalue weighted by Gasteiger charge is 1.98.